The third-order valence-electron chi connectivity index (χ3n) is 4.06. The van der Waals surface area contributed by atoms with E-state index in [9.17, 15) is 5.11 Å². The smallest absolute Gasteiger partial charge is 0.0580 e. The van der Waals surface area contributed by atoms with Crippen molar-refractivity contribution in [1.82, 2.24) is 4.90 Å². The molecule has 0 bridgehead atoms. The average molecular weight is 247 g/mol. The minimum Gasteiger partial charge on any atom is -0.393 e. The van der Waals surface area contributed by atoms with Crippen molar-refractivity contribution in [2.45, 2.75) is 45.3 Å². The van der Waals surface area contributed by atoms with E-state index in [0.717, 1.165) is 26.1 Å². The predicted octanol–water partition coefficient (Wildman–Crippen LogP) is 3.06. The molecule has 0 amide bonds. The molecule has 1 aromatic rings. The standard InChI is InChI=1S/C16H25NO/c1-2-17(12-14-8-4-3-5-9-14)13-15-10-6-7-11-16(15)18/h3-5,8-9,15-16,18H,2,6-7,10-13H2,1H3. The van der Waals surface area contributed by atoms with Crippen LogP contribution in [0.1, 0.15) is 38.2 Å². The highest BCUT2D eigenvalue weighted by atomic mass is 16.3. The molecule has 1 aliphatic rings. The molecule has 2 atom stereocenters. The Kier molecular flexibility index (Phi) is 5.21. The lowest BCUT2D eigenvalue weighted by molar-refractivity contribution is 0.0459. The fourth-order valence-corrected chi connectivity index (χ4v) is 2.88. The molecule has 0 radical (unpaired) electrons. The Morgan fingerprint density at radius 2 is 1.89 bits per heavy atom. The van der Waals surface area contributed by atoms with E-state index in [2.05, 4.69) is 42.2 Å². The Labute approximate surface area is 111 Å². The van der Waals surface area contributed by atoms with Crippen LogP contribution in [0.3, 0.4) is 0 Å². The maximum absolute atomic E-state index is 10.1. The minimum atomic E-state index is -0.0800. The number of nitrogens with zero attached hydrogens (tertiary/aromatic N) is 1. The van der Waals surface area contributed by atoms with Gasteiger partial charge in [0.05, 0.1) is 6.10 Å². The van der Waals surface area contributed by atoms with Crippen LogP contribution in [-0.2, 0) is 6.54 Å². The zero-order chi connectivity index (χ0) is 12.8. The molecule has 1 fully saturated rings. The van der Waals surface area contributed by atoms with Gasteiger partial charge in [0.25, 0.3) is 0 Å². The summed E-state index contributed by atoms with van der Waals surface area (Å²) in [7, 11) is 0. The van der Waals surface area contributed by atoms with Gasteiger partial charge in [0.1, 0.15) is 0 Å². The van der Waals surface area contributed by atoms with Crippen LogP contribution in [0.5, 0.6) is 0 Å². The Balaban J connectivity index is 1.88. The van der Waals surface area contributed by atoms with Gasteiger partial charge in [-0.1, -0.05) is 50.1 Å². The number of hydrogen-bond donors (Lipinski definition) is 1. The second-order valence-electron chi connectivity index (χ2n) is 5.43. The Morgan fingerprint density at radius 1 is 1.17 bits per heavy atom. The van der Waals surface area contributed by atoms with E-state index in [1.165, 1.54) is 24.8 Å². The van der Waals surface area contributed by atoms with Gasteiger partial charge < -0.3 is 5.11 Å². The molecule has 0 aliphatic heterocycles. The highest BCUT2D eigenvalue weighted by Gasteiger charge is 2.24. The van der Waals surface area contributed by atoms with Crippen LogP contribution in [0.4, 0.5) is 0 Å². The van der Waals surface area contributed by atoms with Crippen molar-refractivity contribution < 1.29 is 5.11 Å². The summed E-state index contributed by atoms with van der Waals surface area (Å²) >= 11 is 0. The molecular formula is C16H25NO. The normalized spacial score (nSPS) is 24.4. The van der Waals surface area contributed by atoms with E-state index in [1.54, 1.807) is 0 Å². The number of rotatable bonds is 5. The van der Waals surface area contributed by atoms with Gasteiger partial charge in [-0.2, -0.15) is 0 Å². The van der Waals surface area contributed by atoms with Crippen LogP contribution >= 0.6 is 0 Å². The summed E-state index contributed by atoms with van der Waals surface area (Å²) in [5.74, 6) is 0.474. The van der Waals surface area contributed by atoms with Crippen molar-refractivity contribution >= 4 is 0 Å². The van der Waals surface area contributed by atoms with Crippen LogP contribution in [0, 0.1) is 5.92 Å². The molecule has 1 aliphatic carbocycles. The summed E-state index contributed by atoms with van der Waals surface area (Å²) in [6, 6.07) is 10.6. The highest BCUT2D eigenvalue weighted by Crippen LogP contribution is 2.25. The number of aliphatic hydroxyl groups excluding tert-OH is 1. The Bertz CT molecular complexity index is 338. The molecule has 2 nitrogen and oxygen atoms in total. The highest BCUT2D eigenvalue weighted by molar-refractivity contribution is 5.14. The second kappa shape index (κ2) is 6.91. The molecule has 2 unspecified atom stereocenters. The van der Waals surface area contributed by atoms with Gasteiger partial charge in [0.2, 0.25) is 0 Å². The molecule has 0 aromatic heterocycles. The van der Waals surface area contributed by atoms with Crippen molar-refractivity contribution in [2.24, 2.45) is 5.92 Å². The molecule has 100 valence electrons. The SMILES string of the molecule is CCN(Cc1ccccc1)CC1CCCCC1O. The van der Waals surface area contributed by atoms with Crippen molar-refractivity contribution in [2.75, 3.05) is 13.1 Å². The molecule has 18 heavy (non-hydrogen) atoms. The first kappa shape index (κ1) is 13.6. The summed E-state index contributed by atoms with van der Waals surface area (Å²) in [4.78, 5) is 2.45. The number of aliphatic hydroxyl groups is 1. The quantitative estimate of drug-likeness (QED) is 0.864. The molecule has 1 N–H and O–H groups in total. The van der Waals surface area contributed by atoms with Crippen LogP contribution in [0.25, 0.3) is 0 Å². The molecule has 0 spiro atoms. The maximum Gasteiger partial charge on any atom is 0.0580 e. The van der Waals surface area contributed by atoms with E-state index < -0.39 is 0 Å². The van der Waals surface area contributed by atoms with Crippen molar-refractivity contribution in [3.05, 3.63) is 35.9 Å². The van der Waals surface area contributed by atoms with Crippen LogP contribution in [0.15, 0.2) is 30.3 Å². The molecule has 2 rings (SSSR count). The minimum absolute atomic E-state index is 0.0800. The van der Waals surface area contributed by atoms with E-state index in [4.69, 9.17) is 0 Å². The van der Waals surface area contributed by atoms with Gasteiger partial charge in [-0.25, -0.2) is 0 Å². The molecule has 0 saturated heterocycles. The van der Waals surface area contributed by atoms with Gasteiger partial charge in [-0.3, -0.25) is 4.90 Å². The van der Waals surface area contributed by atoms with E-state index in [1.807, 2.05) is 0 Å². The summed E-state index contributed by atoms with van der Waals surface area (Å²) in [6.07, 6.45) is 4.58. The van der Waals surface area contributed by atoms with Gasteiger partial charge >= 0.3 is 0 Å². The lowest BCUT2D eigenvalue weighted by Gasteiger charge is -2.32. The Morgan fingerprint density at radius 3 is 2.56 bits per heavy atom. The topological polar surface area (TPSA) is 23.5 Å². The first-order chi connectivity index (χ1) is 8.79. The summed E-state index contributed by atoms with van der Waals surface area (Å²) in [6.45, 7) is 5.30. The molecule has 2 heteroatoms. The van der Waals surface area contributed by atoms with Gasteiger partial charge in [-0.05, 0) is 30.9 Å². The molecule has 0 heterocycles. The van der Waals surface area contributed by atoms with Gasteiger partial charge in [0.15, 0.2) is 0 Å². The van der Waals surface area contributed by atoms with Crippen molar-refractivity contribution in [1.29, 1.82) is 0 Å². The maximum atomic E-state index is 10.1. The van der Waals surface area contributed by atoms with E-state index in [0.29, 0.717) is 5.92 Å². The molecule has 1 saturated carbocycles. The second-order valence-corrected chi connectivity index (χ2v) is 5.43. The monoisotopic (exact) mass is 247 g/mol. The van der Waals surface area contributed by atoms with E-state index in [-0.39, 0.29) is 6.10 Å². The zero-order valence-corrected chi connectivity index (χ0v) is 11.4. The van der Waals surface area contributed by atoms with Gasteiger partial charge in [0, 0.05) is 13.1 Å². The summed E-state index contributed by atoms with van der Waals surface area (Å²) in [5.41, 5.74) is 1.37. The molecule has 1 aromatic carbocycles. The lowest BCUT2D eigenvalue weighted by Crippen LogP contribution is -2.36. The lowest BCUT2D eigenvalue weighted by atomic mass is 9.86. The fourth-order valence-electron chi connectivity index (χ4n) is 2.88. The van der Waals surface area contributed by atoms with Gasteiger partial charge in [-0.15, -0.1) is 0 Å². The zero-order valence-electron chi connectivity index (χ0n) is 11.4. The van der Waals surface area contributed by atoms with E-state index >= 15 is 0 Å². The third-order valence-corrected chi connectivity index (χ3v) is 4.06. The molecular weight excluding hydrogens is 222 g/mol. The van der Waals surface area contributed by atoms with Crippen LogP contribution in [-0.4, -0.2) is 29.2 Å². The fraction of sp³-hybridized carbons (Fsp3) is 0.625. The summed E-state index contributed by atoms with van der Waals surface area (Å²) < 4.78 is 0. The number of benzene rings is 1. The third kappa shape index (κ3) is 3.82. The van der Waals surface area contributed by atoms with Crippen molar-refractivity contribution in [3.8, 4) is 0 Å². The predicted molar refractivity (Wildman–Crippen MR) is 75.4 cm³/mol. The summed E-state index contributed by atoms with van der Waals surface area (Å²) in [5, 5.41) is 10.1. The van der Waals surface area contributed by atoms with Crippen LogP contribution < -0.4 is 0 Å². The van der Waals surface area contributed by atoms with Crippen LogP contribution in [0.2, 0.25) is 0 Å². The first-order valence-electron chi connectivity index (χ1n) is 7.24. The van der Waals surface area contributed by atoms with Crippen molar-refractivity contribution in [3.63, 3.8) is 0 Å². The average Bonchev–Trinajstić information content (AvgIpc) is 2.41. The largest absolute Gasteiger partial charge is 0.393 e. The number of hydrogen-bond acceptors (Lipinski definition) is 2. The first-order valence-corrected chi connectivity index (χ1v) is 7.24. The Hall–Kier alpha value is -0.860.